The summed E-state index contributed by atoms with van der Waals surface area (Å²) in [7, 11) is 0. The number of hydrogen-bond acceptors (Lipinski definition) is 2. The molecule has 162 valence electrons. The summed E-state index contributed by atoms with van der Waals surface area (Å²) in [4.78, 5) is 11.0. The molecule has 1 amide bonds. The highest BCUT2D eigenvalue weighted by Gasteiger charge is 2.29. The number of hydrogen-bond donors (Lipinski definition) is 1. The van der Waals surface area contributed by atoms with Crippen LogP contribution in [0.25, 0.3) is 0 Å². The van der Waals surface area contributed by atoms with Gasteiger partial charge in [-0.25, -0.2) is 0 Å². The zero-order chi connectivity index (χ0) is 20.8. The molecule has 0 spiro atoms. The van der Waals surface area contributed by atoms with E-state index in [9.17, 15) is 4.79 Å². The Labute approximate surface area is 170 Å². The van der Waals surface area contributed by atoms with Crippen molar-refractivity contribution in [3.8, 4) is 0 Å². The minimum absolute atomic E-state index is 0.244. The lowest BCUT2D eigenvalue weighted by Gasteiger charge is -2.36. The average molecular weight is 384 g/mol. The molecule has 3 nitrogen and oxygen atoms in total. The molecule has 0 rings (SSSR count). The molecule has 0 heterocycles. The van der Waals surface area contributed by atoms with Crippen LogP contribution < -0.4 is 5.73 Å². The molecule has 2 N–H and O–H groups in total. The fourth-order valence-corrected chi connectivity index (χ4v) is 3.85. The minimum Gasteiger partial charge on any atom is -0.376 e. The predicted octanol–water partition coefficient (Wildman–Crippen LogP) is 7.02. The molecule has 0 aromatic heterocycles. The second kappa shape index (κ2) is 14.4. The number of primary amides is 1. The van der Waals surface area contributed by atoms with Crippen LogP contribution in [0.15, 0.2) is 0 Å². The number of unbranched alkanes of at least 4 members (excludes halogenated alkanes) is 6. The van der Waals surface area contributed by atoms with E-state index >= 15 is 0 Å². The predicted molar refractivity (Wildman–Crippen MR) is 118 cm³/mol. The summed E-state index contributed by atoms with van der Waals surface area (Å²) in [6, 6.07) is 0. The van der Waals surface area contributed by atoms with Gasteiger partial charge in [0.25, 0.3) is 0 Å². The van der Waals surface area contributed by atoms with Crippen molar-refractivity contribution in [1.82, 2.24) is 0 Å². The minimum atomic E-state index is -0.275. The number of amides is 1. The molecule has 0 aromatic carbocycles. The standard InChI is InChI=1S/C24H49NO2/c1-7-9-11-12-14-16-21(15-13-10-8-2)23(3,4)19-20-27-24(5,6)18-17-22(25)26/h21H,7-20H2,1-6H3,(H2,25,26). The van der Waals surface area contributed by atoms with Gasteiger partial charge in [0, 0.05) is 13.0 Å². The van der Waals surface area contributed by atoms with Crippen molar-refractivity contribution in [3.63, 3.8) is 0 Å². The quantitative estimate of drug-likeness (QED) is 0.258. The van der Waals surface area contributed by atoms with Gasteiger partial charge in [0.1, 0.15) is 0 Å². The van der Waals surface area contributed by atoms with Crippen molar-refractivity contribution in [2.75, 3.05) is 6.61 Å². The monoisotopic (exact) mass is 383 g/mol. The Morgan fingerprint density at radius 2 is 1.37 bits per heavy atom. The van der Waals surface area contributed by atoms with Crippen molar-refractivity contribution in [3.05, 3.63) is 0 Å². The number of ether oxygens (including phenoxy) is 1. The topological polar surface area (TPSA) is 52.3 Å². The molecule has 3 heteroatoms. The molecule has 1 unspecified atom stereocenters. The van der Waals surface area contributed by atoms with E-state index in [4.69, 9.17) is 10.5 Å². The van der Waals surface area contributed by atoms with E-state index in [0.29, 0.717) is 18.3 Å². The third-order valence-electron chi connectivity index (χ3n) is 6.13. The van der Waals surface area contributed by atoms with E-state index in [1.165, 1.54) is 64.2 Å². The third kappa shape index (κ3) is 14.1. The van der Waals surface area contributed by atoms with Gasteiger partial charge in [-0.2, -0.15) is 0 Å². The molecule has 0 aliphatic heterocycles. The number of carbonyl (C=O) groups is 1. The van der Waals surface area contributed by atoms with Crippen LogP contribution in [0.3, 0.4) is 0 Å². The lowest BCUT2D eigenvalue weighted by molar-refractivity contribution is -0.120. The van der Waals surface area contributed by atoms with E-state index in [1.54, 1.807) is 0 Å². The number of rotatable bonds is 18. The molecular weight excluding hydrogens is 334 g/mol. The summed E-state index contributed by atoms with van der Waals surface area (Å²) in [6.45, 7) is 14.3. The first-order chi connectivity index (χ1) is 12.6. The van der Waals surface area contributed by atoms with E-state index in [1.807, 2.05) is 0 Å². The second-order valence-electron chi connectivity index (χ2n) is 9.71. The van der Waals surface area contributed by atoms with E-state index < -0.39 is 0 Å². The molecule has 27 heavy (non-hydrogen) atoms. The molecule has 0 saturated heterocycles. The maximum Gasteiger partial charge on any atom is 0.217 e. The van der Waals surface area contributed by atoms with Gasteiger partial charge < -0.3 is 10.5 Å². The fourth-order valence-electron chi connectivity index (χ4n) is 3.85. The van der Waals surface area contributed by atoms with E-state index in [2.05, 4.69) is 41.5 Å². The summed E-state index contributed by atoms with van der Waals surface area (Å²) in [5.74, 6) is 0.536. The fraction of sp³-hybridized carbons (Fsp3) is 0.958. The normalized spacial score (nSPS) is 13.7. The van der Waals surface area contributed by atoms with Crippen molar-refractivity contribution in [2.24, 2.45) is 17.1 Å². The van der Waals surface area contributed by atoms with Crippen molar-refractivity contribution < 1.29 is 9.53 Å². The second-order valence-corrected chi connectivity index (χ2v) is 9.71. The smallest absolute Gasteiger partial charge is 0.217 e. The molecule has 0 bridgehead atoms. The van der Waals surface area contributed by atoms with Gasteiger partial charge in [0.05, 0.1) is 5.60 Å². The van der Waals surface area contributed by atoms with Gasteiger partial charge in [-0.1, -0.05) is 79.1 Å². The van der Waals surface area contributed by atoms with Crippen LogP contribution in [0.4, 0.5) is 0 Å². The van der Waals surface area contributed by atoms with Crippen molar-refractivity contribution in [1.29, 1.82) is 0 Å². The van der Waals surface area contributed by atoms with Crippen molar-refractivity contribution >= 4 is 5.91 Å². The molecule has 0 radical (unpaired) electrons. The highest BCUT2D eigenvalue weighted by Crippen LogP contribution is 2.38. The third-order valence-corrected chi connectivity index (χ3v) is 6.13. The average Bonchev–Trinajstić information content (AvgIpc) is 2.58. The van der Waals surface area contributed by atoms with Crippen LogP contribution in [0.2, 0.25) is 0 Å². The zero-order valence-electron chi connectivity index (χ0n) is 19.4. The van der Waals surface area contributed by atoms with Crippen LogP contribution in [-0.2, 0) is 9.53 Å². The molecule has 0 aliphatic rings. The number of carbonyl (C=O) groups excluding carboxylic acids is 1. The van der Waals surface area contributed by atoms with Gasteiger partial charge >= 0.3 is 0 Å². The molecule has 1 atom stereocenters. The van der Waals surface area contributed by atoms with E-state index in [-0.39, 0.29) is 11.5 Å². The SMILES string of the molecule is CCCCCCCC(CCCCC)C(C)(C)CCOC(C)(C)CCC(N)=O. The first-order valence-electron chi connectivity index (χ1n) is 11.6. The summed E-state index contributed by atoms with van der Waals surface area (Å²) in [6.07, 6.45) is 15.7. The molecule has 0 aromatic rings. The molecule has 0 saturated carbocycles. The van der Waals surface area contributed by atoms with Gasteiger partial charge in [-0.15, -0.1) is 0 Å². The summed E-state index contributed by atoms with van der Waals surface area (Å²) in [5, 5.41) is 0. The summed E-state index contributed by atoms with van der Waals surface area (Å²) in [5.41, 5.74) is 5.31. The van der Waals surface area contributed by atoms with Crippen LogP contribution >= 0.6 is 0 Å². The van der Waals surface area contributed by atoms with E-state index in [0.717, 1.165) is 18.9 Å². The lowest BCUT2D eigenvalue weighted by atomic mass is 9.71. The highest BCUT2D eigenvalue weighted by atomic mass is 16.5. The Balaban J connectivity index is 4.49. The van der Waals surface area contributed by atoms with Gasteiger partial charge in [0.2, 0.25) is 5.91 Å². The van der Waals surface area contributed by atoms with Gasteiger partial charge in [0.15, 0.2) is 0 Å². The van der Waals surface area contributed by atoms with Crippen LogP contribution in [0, 0.1) is 11.3 Å². The first-order valence-corrected chi connectivity index (χ1v) is 11.6. The maximum atomic E-state index is 11.0. The van der Waals surface area contributed by atoms with Gasteiger partial charge in [-0.05, 0) is 50.9 Å². The lowest BCUT2D eigenvalue weighted by Crippen LogP contribution is -2.31. The Morgan fingerprint density at radius 3 is 1.93 bits per heavy atom. The Kier molecular flexibility index (Phi) is 14.1. The largest absolute Gasteiger partial charge is 0.376 e. The van der Waals surface area contributed by atoms with Crippen LogP contribution in [0.5, 0.6) is 0 Å². The zero-order valence-corrected chi connectivity index (χ0v) is 19.4. The maximum absolute atomic E-state index is 11.0. The molecular formula is C24H49NO2. The summed E-state index contributed by atoms with van der Waals surface area (Å²) >= 11 is 0. The summed E-state index contributed by atoms with van der Waals surface area (Å²) < 4.78 is 6.14. The highest BCUT2D eigenvalue weighted by molar-refractivity contribution is 5.73. The first kappa shape index (κ1) is 26.4. The number of nitrogens with two attached hydrogens (primary N) is 1. The Bertz CT molecular complexity index is 377. The Hall–Kier alpha value is -0.570. The van der Waals surface area contributed by atoms with Crippen LogP contribution in [0.1, 0.15) is 125 Å². The molecule has 0 fully saturated rings. The Morgan fingerprint density at radius 1 is 0.852 bits per heavy atom. The molecule has 0 aliphatic carbocycles. The van der Waals surface area contributed by atoms with Gasteiger partial charge in [-0.3, -0.25) is 4.79 Å². The van der Waals surface area contributed by atoms with Crippen LogP contribution in [-0.4, -0.2) is 18.1 Å². The van der Waals surface area contributed by atoms with Crippen molar-refractivity contribution in [2.45, 2.75) is 131 Å².